The molecule has 14 heteroatoms. The van der Waals surface area contributed by atoms with Crippen LogP contribution in [0.1, 0.15) is 23.4 Å². The summed E-state index contributed by atoms with van der Waals surface area (Å²) in [6.07, 6.45) is -2.81. The van der Waals surface area contributed by atoms with Crippen LogP contribution in [-0.2, 0) is 22.4 Å². The number of carbonyl (C=O) groups excluding carboxylic acids is 1. The molecule has 2 heterocycles. The highest BCUT2D eigenvalue weighted by atomic mass is 32.1. The lowest BCUT2D eigenvalue weighted by Gasteiger charge is -2.11. The van der Waals surface area contributed by atoms with Crippen molar-refractivity contribution in [1.29, 1.82) is 0 Å². The number of nitrogens with zero attached hydrogens (tertiary/aromatic N) is 5. The first-order valence-corrected chi connectivity index (χ1v) is 10.3. The van der Waals surface area contributed by atoms with Gasteiger partial charge in [-0.25, -0.2) is 4.79 Å². The maximum absolute atomic E-state index is 12.3. The largest absolute Gasteiger partial charge is 0.573 e. The average Bonchev–Trinajstić information content (AvgIpc) is 3.33. The molecule has 10 nitrogen and oxygen atoms in total. The minimum absolute atomic E-state index is 0.147. The summed E-state index contributed by atoms with van der Waals surface area (Å²) < 4.78 is 40.8. The van der Waals surface area contributed by atoms with Crippen LogP contribution in [0.3, 0.4) is 0 Å². The van der Waals surface area contributed by atoms with Gasteiger partial charge in [-0.3, -0.25) is 9.80 Å². The first kappa shape index (κ1) is 23.4. The second-order valence-electron chi connectivity index (χ2n) is 6.85. The number of carboxylic acids is 1. The number of halogens is 3. The Bertz CT molecular complexity index is 984. The van der Waals surface area contributed by atoms with Gasteiger partial charge in [0.2, 0.25) is 11.0 Å². The topological polar surface area (TPSA) is 129 Å². The van der Waals surface area contributed by atoms with Crippen molar-refractivity contribution in [3.8, 4) is 5.75 Å². The Morgan fingerprint density at radius 3 is 2.81 bits per heavy atom. The molecule has 2 aromatic rings. The Balaban J connectivity index is 1.39. The molecule has 1 amide bonds. The summed E-state index contributed by atoms with van der Waals surface area (Å²) in [5.41, 5.74) is 0.359. The lowest BCUT2D eigenvalue weighted by molar-refractivity contribution is -0.274. The zero-order chi connectivity index (χ0) is 23.1. The van der Waals surface area contributed by atoms with Crippen molar-refractivity contribution in [2.24, 2.45) is 10.3 Å². The third-order valence-corrected chi connectivity index (χ3v) is 5.15. The van der Waals surface area contributed by atoms with Gasteiger partial charge in [0, 0.05) is 13.0 Å². The molecule has 0 saturated heterocycles. The molecule has 172 valence electrons. The van der Waals surface area contributed by atoms with Crippen LogP contribution in [-0.4, -0.2) is 57.7 Å². The molecule has 0 saturated carbocycles. The molecule has 0 bridgehead atoms. The smallest absolute Gasteiger partial charge is 0.480 e. The molecule has 0 aliphatic carbocycles. The van der Waals surface area contributed by atoms with Crippen molar-refractivity contribution in [3.05, 3.63) is 34.8 Å². The number of hydrogen-bond donors (Lipinski definition) is 2. The van der Waals surface area contributed by atoms with E-state index in [1.165, 1.54) is 23.5 Å². The Morgan fingerprint density at radius 1 is 1.28 bits per heavy atom. The minimum atomic E-state index is -4.80. The van der Waals surface area contributed by atoms with E-state index in [9.17, 15) is 22.8 Å². The van der Waals surface area contributed by atoms with E-state index in [0.29, 0.717) is 28.7 Å². The fourth-order valence-corrected chi connectivity index (χ4v) is 3.65. The first-order valence-electron chi connectivity index (χ1n) is 9.53. The maximum Gasteiger partial charge on any atom is 0.573 e. The van der Waals surface area contributed by atoms with Gasteiger partial charge in [-0.1, -0.05) is 28.7 Å². The zero-order valence-corrected chi connectivity index (χ0v) is 17.4. The number of aryl methyl sites for hydroxylation is 1. The second kappa shape index (κ2) is 10.3. The van der Waals surface area contributed by atoms with Crippen molar-refractivity contribution < 1.29 is 32.6 Å². The number of anilines is 1. The Hall–Kier alpha value is -3.29. The molecule has 32 heavy (non-hydrogen) atoms. The fourth-order valence-electron chi connectivity index (χ4n) is 2.85. The number of aliphatic carboxylic acids is 1. The lowest BCUT2D eigenvalue weighted by atomic mass is 10.1. The van der Waals surface area contributed by atoms with E-state index in [1.807, 2.05) is 0 Å². The number of rotatable bonds is 10. The number of alkyl halides is 3. The van der Waals surface area contributed by atoms with Crippen molar-refractivity contribution in [2.75, 3.05) is 18.4 Å². The molecule has 0 radical (unpaired) electrons. The number of benzene rings is 1. The zero-order valence-electron chi connectivity index (χ0n) is 16.6. The molecule has 1 unspecified atom stereocenters. The van der Waals surface area contributed by atoms with Crippen molar-refractivity contribution >= 4 is 28.3 Å². The first-order chi connectivity index (χ1) is 15.2. The Kier molecular flexibility index (Phi) is 7.56. The van der Waals surface area contributed by atoms with Gasteiger partial charge in [0.05, 0.1) is 13.0 Å². The van der Waals surface area contributed by atoms with Crippen LogP contribution in [0.2, 0.25) is 0 Å². The van der Waals surface area contributed by atoms with Gasteiger partial charge < -0.3 is 15.2 Å². The van der Waals surface area contributed by atoms with Crippen LogP contribution in [0.25, 0.3) is 0 Å². The van der Waals surface area contributed by atoms with E-state index in [0.717, 1.165) is 25.0 Å². The summed E-state index contributed by atoms with van der Waals surface area (Å²) in [5.74, 6) is -1.83. The molecule has 3 rings (SSSR count). The van der Waals surface area contributed by atoms with Gasteiger partial charge in [-0.15, -0.1) is 23.4 Å². The summed E-state index contributed by atoms with van der Waals surface area (Å²) in [6, 6.07) is 4.38. The van der Waals surface area contributed by atoms with Gasteiger partial charge in [0.25, 0.3) is 0 Å². The normalized spacial score (nSPS) is 15.7. The number of carboxylic acid groups (broad SMARTS) is 1. The van der Waals surface area contributed by atoms with Crippen LogP contribution in [0.5, 0.6) is 5.75 Å². The lowest BCUT2D eigenvalue weighted by Crippen LogP contribution is -2.27. The van der Waals surface area contributed by atoms with Gasteiger partial charge in [0.1, 0.15) is 10.8 Å². The maximum atomic E-state index is 12.3. The molecular weight excluding hydrogens is 453 g/mol. The predicted octanol–water partition coefficient (Wildman–Crippen LogP) is 3.08. The van der Waals surface area contributed by atoms with Crippen molar-refractivity contribution in [2.45, 2.75) is 38.1 Å². The average molecular weight is 472 g/mol. The molecular formula is C18H19F3N6O4S. The van der Waals surface area contributed by atoms with Crippen LogP contribution < -0.4 is 10.1 Å². The summed E-state index contributed by atoms with van der Waals surface area (Å²) in [7, 11) is 0. The summed E-state index contributed by atoms with van der Waals surface area (Å²) >= 11 is 1.21. The highest BCUT2D eigenvalue weighted by Gasteiger charge is 2.31. The molecule has 1 aliphatic heterocycles. The number of carbonyl (C=O) groups is 2. The standard InChI is InChI=1S/C18H19F3N6O4S/c19-18(20,21)31-12-5-3-4-11(8-12)9-14(28)22-17-25-24-15(32-17)6-1-2-7-27-10-13(16(29)30)23-26-27/h3-5,8,13H,1-2,6-7,9-10H2,(H,29,30)(H,22,25,28). The van der Waals surface area contributed by atoms with Crippen molar-refractivity contribution in [1.82, 2.24) is 15.2 Å². The SMILES string of the molecule is O=C(Cc1cccc(OC(F)(F)F)c1)Nc1nnc(CCCCN2CC(C(=O)O)N=N2)s1. The van der Waals surface area contributed by atoms with E-state index < -0.39 is 30.0 Å². The van der Waals surface area contributed by atoms with Crippen molar-refractivity contribution in [3.63, 3.8) is 0 Å². The number of nitrogens with one attached hydrogen (secondary N) is 1. The van der Waals surface area contributed by atoms with Crippen LogP contribution in [0.4, 0.5) is 18.3 Å². The number of ether oxygens (including phenoxy) is 1. The molecule has 1 aliphatic rings. The fraction of sp³-hybridized carbons (Fsp3) is 0.444. The van der Waals surface area contributed by atoms with E-state index in [-0.39, 0.29) is 13.0 Å². The third-order valence-electron chi connectivity index (χ3n) is 4.25. The van der Waals surface area contributed by atoms with E-state index in [2.05, 4.69) is 30.6 Å². The van der Waals surface area contributed by atoms with Gasteiger partial charge in [-0.2, -0.15) is 5.11 Å². The molecule has 0 spiro atoms. The monoisotopic (exact) mass is 472 g/mol. The summed E-state index contributed by atoms with van der Waals surface area (Å²) in [5, 5.41) is 29.5. The Labute approximate surface area is 184 Å². The number of unbranched alkanes of at least 4 members (excludes halogenated alkanes) is 1. The van der Waals surface area contributed by atoms with Gasteiger partial charge in [-0.05, 0) is 30.5 Å². The predicted molar refractivity (Wildman–Crippen MR) is 106 cm³/mol. The van der Waals surface area contributed by atoms with Crippen LogP contribution >= 0.6 is 11.3 Å². The molecule has 0 fully saturated rings. The molecule has 1 aromatic heterocycles. The summed E-state index contributed by atoms with van der Waals surface area (Å²) in [6.45, 7) is 0.836. The van der Waals surface area contributed by atoms with Gasteiger partial charge >= 0.3 is 12.3 Å². The summed E-state index contributed by atoms with van der Waals surface area (Å²) in [4.78, 5) is 23.0. The molecule has 1 aromatic carbocycles. The number of amides is 1. The highest BCUT2D eigenvalue weighted by molar-refractivity contribution is 7.15. The van der Waals surface area contributed by atoms with E-state index in [4.69, 9.17) is 5.11 Å². The highest BCUT2D eigenvalue weighted by Crippen LogP contribution is 2.24. The number of hydrogen-bond acceptors (Lipinski definition) is 9. The second-order valence-corrected chi connectivity index (χ2v) is 7.91. The number of aromatic nitrogens is 2. The van der Waals surface area contributed by atoms with Crippen LogP contribution in [0.15, 0.2) is 34.6 Å². The molecule has 1 atom stereocenters. The quantitative estimate of drug-likeness (QED) is 0.509. The molecule has 2 N–H and O–H groups in total. The van der Waals surface area contributed by atoms with E-state index in [1.54, 1.807) is 5.01 Å². The van der Waals surface area contributed by atoms with Gasteiger partial charge in [0.15, 0.2) is 6.04 Å². The van der Waals surface area contributed by atoms with E-state index >= 15 is 0 Å². The Morgan fingerprint density at radius 2 is 2.09 bits per heavy atom. The third kappa shape index (κ3) is 7.44. The minimum Gasteiger partial charge on any atom is -0.480 e. The van der Waals surface area contributed by atoms with Crippen LogP contribution in [0, 0.1) is 0 Å².